The third kappa shape index (κ3) is 4.51. The Kier molecular flexibility index (Phi) is 6.01. The molecule has 1 aliphatic heterocycles. The molecule has 5 heterocycles. The average Bonchev–Trinajstić information content (AvgIpc) is 3.53. The topological polar surface area (TPSA) is 119 Å². The van der Waals surface area contributed by atoms with Crippen molar-refractivity contribution in [3.05, 3.63) is 48.9 Å². The van der Waals surface area contributed by atoms with Gasteiger partial charge in [0, 0.05) is 55.9 Å². The van der Waals surface area contributed by atoms with Gasteiger partial charge in [0.15, 0.2) is 11.6 Å². The SMILES string of the molecule is CCCC(=O)Nc1cncc(-c2ccc3[nH]nc(-c4nc5c(N6CCN(C)CC6)nccc5[nH]4)c3c2)c1. The number of anilines is 2. The Morgan fingerprint density at radius 2 is 1.92 bits per heavy atom. The predicted molar refractivity (Wildman–Crippen MR) is 145 cm³/mol. The number of rotatable bonds is 6. The van der Waals surface area contributed by atoms with Crippen LogP contribution in [0.4, 0.5) is 11.5 Å². The van der Waals surface area contributed by atoms with Crippen molar-refractivity contribution in [1.29, 1.82) is 0 Å². The molecular formula is C27H29N9O. The lowest BCUT2D eigenvalue weighted by Crippen LogP contribution is -2.44. The summed E-state index contributed by atoms with van der Waals surface area (Å²) in [6.45, 7) is 5.83. The first kappa shape index (κ1) is 23.1. The van der Waals surface area contributed by atoms with Gasteiger partial charge in [-0.2, -0.15) is 5.10 Å². The molecule has 0 spiro atoms. The summed E-state index contributed by atoms with van der Waals surface area (Å²) in [5.74, 6) is 1.59. The zero-order chi connectivity index (χ0) is 25.4. The van der Waals surface area contributed by atoms with Crippen LogP contribution in [0, 0.1) is 0 Å². The van der Waals surface area contributed by atoms with E-state index in [9.17, 15) is 4.79 Å². The van der Waals surface area contributed by atoms with Crippen LogP contribution in [0.25, 0.3) is 44.6 Å². The van der Waals surface area contributed by atoms with Gasteiger partial charge in [-0.15, -0.1) is 0 Å². The average molecular weight is 496 g/mol. The van der Waals surface area contributed by atoms with E-state index in [1.165, 1.54) is 0 Å². The first-order valence-electron chi connectivity index (χ1n) is 12.6. The first-order chi connectivity index (χ1) is 18.1. The molecule has 0 atom stereocenters. The lowest BCUT2D eigenvalue weighted by Gasteiger charge is -2.33. The molecule has 0 unspecified atom stereocenters. The number of likely N-dealkylation sites (N-methyl/N-ethyl adjacent to an activating group) is 1. The lowest BCUT2D eigenvalue weighted by atomic mass is 10.0. The Balaban J connectivity index is 1.35. The van der Waals surface area contributed by atoms with E-state index >= 15 is 0 Å². The molecule has 3 N–H and O–H groups in total. The molecule has 0 saturated carbocycles. The molecule has 1 aromatic carbocycles. The van der Waals surface area contributed by atoms with Crippen molar-refractivity contribution in [2.45, 2.75) is 19.8 Å². The number of aromatic nitrogens is 6. The summed E-state index contributed by atoms with van der Waals surface area (Å²) in [5.41, 5.74) is 6.03. The Labute approximate surface area is 214 Å². The van der Waals surface area contributed by atoms with Crippen LogP contribution >= 0.6 is 0 Å². The van der Waals surface area contributed by atoms with E-state index in [4.69, 9.17) is 4.98 Å². The first-order valence-corrected chi connectivity index (χ1v) is 12.6. The van der Waals surface area contributed by atoms with Gasteiger partial charge >= 0.3 is 0 Å². The third-order valence-corrected chi connectivity index (χ3v) is 6.80. The van der Waals surface area contributed by atoms with Crippen molar-refractivity contribution in [1.82, 2.24) is 35.0 Å². The number of H-pyrrole nitrogens is 2. The van der Waals surface area contributed by atoms with E-state index in [0.717, 1.165) is 77.2 Å². The van der Waals surface area contributed by atoms with Gasteiger partial charge in [-0.25, -0.2) is 9.97 Å². The number of piperazine rings is 1. The number of hydrogen-bond acceptors (Lipinski definition) is 7. The largest absolute Gasteiger partial charge is 0.352 e. The van der Waals surface area contributed by atoms with Crippen LogP contribution in [0.5, 0.6) is 0 Å². The van der Waals surface area contributed by atoms with E-state index in [1.54, 1.807) is 12.4 Å². The fourth-order valence-electron chi connectivity index (χ4n) is 4.77. The number of carbonyl (C=O) groups excluding carboxylic acids is 1. The molecule has 0 aliphatic carbocycles. The van der Waals surface area contributed by atoms with Crippen molar-refractivity contribution in [2.75, 3.05) is 43.4 Å². The Bertz CT molecular complexity index is 1580. The van der Waals surface area contributed by atoms with E-state index in [0.29, 0.717) is 17.9 Å². The standard InChI is InChI=1S/C27H29N9O/c1-3-4-23(37)30-19-13-18(15-28-16-19)17-5-6-21-20(14-17)24(34-33-21)26-31-22-7-8-29-27(25(22)32-26)36-11-9-35(2)10-12-36/h5-8,13-16H,3-4,9-12H2,1-2H3,(H,30,37)(H,31,32)(H,33,34). The van der Waals surface area contributed by atoms with Crippen LogP contribution in [0.1, 0.15) is 19.8 Å². The summed E-state index contributed by atoms with van der Waals surface area (Å²) in [4.78, 5) is 34.1. The van der Waals surface area contributed by atoms with Crippen LogP contribution < -0.4 is 10.2 Å². The molecule has 4 aromatic heterocycles. The maximum Gasteiger partial charge on any atom is 0.224 e. The monoisotopic (exact) mass is 495 g/mol. The summed E-state index contributed by atoms with van der Waals surface area (Å²) in [7, 11) is 2.14. The molecular weight excluding hydrogens is 466 g/mol. The van der Waals surface area contributed by atoms with E-state index in [2.05, 4.69) is 53.4 Å². The van der Waals surface area contributed by atoms with Gasteiger partial charge in [-0.3, -0.25) is 14.9 Å². The highest BCUT2D eigenvalue weighted by molar-refractivity contribution is 5.97. The molecule has 10 nitrogen and oxygen atoms in total. The van der Waals surface area contributed by atoms with E-state index in [1.807, 2.05) is 37.4 Å². The van der Waals surface area contributed by atoms with Crippen molar-refractivity contribution in [2.24, 2.45) is 0 Å². The van der Waals surface area contributed by atoms with Crippen LogP contribution in [0.3, 0.4) is 0 Å². The van der Waals surface area contributed by atoms with Gasteiger partial charge in [0.1, 0.15) is 11.2 Å². The minimum atomic E-state index is -0.00987. The number of amides is 1. The zero-order valence-electron chi connectivity index (χ0n) is 21.0. The van der Waals surface area contributed by atoms with Crippen molar-refractivity contribution >= 4 is 39.3 Å². The van der Waals surface area contributed by atoms with Crippen molar-refractivity contribution in [3.8, 4) is 22.6 Å². The van der Waals surface area contributed by atoms with E-state index < -0.39 is 0 Å². The maximum absolute atomic E-state index is 12.0. The Hall–Kier alpha value is -4.31. The highest BCUT2D eigenvalue weighted by Gasteiger charge is 2.21. The molecule has 188 valence electrons. The second-order valence-electron chi connectivity index (χ2n) is 9.50. The zero-order valence-corrected chi connectivity index (χ0v) is 21.0. The predicted octanol–water partition coefficient (Wildman–Crippen LogP) is 4.05. The molecule has 0 radical (unpaired) electrons. The van der Waals surface area contributed by atoms with Crippen LogP contribution in [-0.4, -0.2) is 74.2 Å². The maximum atomic E-state index is 12.0. The lowest BCUT2D eigenvalue weighted by molar-refractivity contribution is -0.116. The molecule has 5 aromatic rings. The third-order valence-electron chi connectivity index (χ3n) is 6.80. The molecule has 1 fully saturated rings. The minimum Gasteiger partial charge on any atom is -0.352 e. The number of fused-ring (bicyclic) bond motifs is 2. The number of benzene rings is 1. The molecule has 1 amide bonds. The highest BCUT2D eigenvalue weighted by atomic mass is 16.1. The summed E-state index contributed by atoms with van der Waals surface area (Å²) in [6, 6.07) is 10.00. The Morgan fingerprint density at radius 1 is 1.05 bits per heavy atom. The van der Waals surface area contributed by atoms with Crippen LogP contribution in [0.15, 0.2) is 48.9 Å². The van der Waals surface area contributed by atoms with Crippen LogP contribution in [0.2, 0.25) is 0 Å². The number of carbonyl (C=O) groups is 1. The normalized spacial score (nSPS) is 14.5. The Morgan fingerprint density at radius 3 is 2.76 bits per heavy atom. The quantitative estimate of drug-likeness (QED) is 0.325. The number of aromatic amines is 2. The highest BCUT2D eigenvalue weighted by Crippen LogP contribution is 2.32. The summed E-state index contributed by atoms with van der Waals surface area (Å²) in [6.07, 6.45) is 6.58. The number of imidazole rings is 1. The van der Waals surface area contributed by atoms with Gasteiger partial charge in [0.05, 0.1) is 22.9 Å². The molecule has 6 rings (SSSR count). The summed E-state index contributed by atoms with van der Waals surface area (Å²) < 4.78 is 0. The van der Waals surface area contributed by atoms with Crippen molar-refractivity contribution in [3.63, 3.8) is 0 Å². The molecule has 0 bridgehead atoms. The summed E-state index contributed by atoms with van der Waals surface area (Å²) >= 11 is 0. The fraction of sp³-hybridized carbons (Fsp3) is 0.296. The van der Waals surface area contributed by atoms with E-state index in [-0.39, 0.29) is 5.91 Å². The molecule has 37 heavy (non-hydrogen) atoms. The molecule has 1 saturated heterocycles. The number of nitrogens with zero attached hydrogens (tertiary/aromatic N) is 6. The van der Waals surface area contributed by atoms with Gasteiger partial charge < -0.3 is 20.1 Å². The second-order valence-corrected chi connectivity index (χ2v) is 9.50. The minimum absolute atomic E-state index is 0.00987. The van der Waals surface area contributed by atoms with Gasteiger partial charge in [0.25, 0.3) is 0 Å². The van der Waals surface area contributed by atoms with Gasteiger partial charge in [-0.05, 0) is 43.3 Å². The molecule has 1 aliphatic rings. The number of nitrogens with one attached hydrogen (secondary N) is 3. The van der Waals surface area contributed by atoms with Crippen molar-refractivity contribution < 1.29 is 4.79 Å². The molecule has 10 heteroatoms. The fourth-order valence-corrected chi connectivity index (χ4v) is 4.77. The van der Waals surface area contributed by atoms with Gasteiger partial charge in [-0.1, -0.05) is 13.0 Å². The van der Waals surface area contributed by atoms with Crippen LogP contribution in [-0.2, 0) is 4.79 Å². The summed E-state index contributed by atoms with van der Waals surface area (Å²) in [5, 5.41) is 11.6. The van der Waals surface area contributed by atoms with Gasteiger partial charge in [0.2, 0.25) is 5.91 Å². The number of hydrogen-bond donors (Lipinski definition) is 3. The smallest absolute Gasteiger partial charge is 0.224 e. The second kappa shape index (κ2) is 9.62. The number of pyridine rings is 2.